The lowest BCUT2D eigenvalue weighted by Crippen LogP contribution is -2.50. The van der Waals surface area contributed by atoms with Gasteiger partial charge in [0.15, 0.2) is 5.78 Å². The highest BCUT2D eigenvalue weighted by Gasteiger charge is 2.34. The lowest BCUT2D eigenvalue weighted by Gasteiger charge is -2.25. The lowest BCUT2D eigenvalue weighted by molar-refractivity contribution is -0.120. The number of aliphatic imine (C=N–C) groups is 1. The summed E-state index contributed by atoms with van der Waals surface area (Å²) < 4.78 is 0. The van der Waals surface area contributed by atoms with Gasteiger partial charge in [-0.15, -0.1) is 11.8 Å². The molecule has 0 spiro atoms. The first-order chi connectivity index (χ1) is 19.5. The number of carbonyl (C=O) groups excluding carboxylic acids is 3. The molecule has 1 aliphatic heterocycles. The van der Waals surface area contributed by atoms with Crippen molar-refractivity contribution in [1.82, 2.24) is 5.32 Å². The number of hydrogen-bond acceptors (Lipinski definition) is 5. The van der Waals surface area contributed by atoms with Gasteiger partial charge in [-0.25, -0.2) is 9.79 Å². The van der Waals surface area contributed by atoms with Gasteiger partial charge in [0, 0.05) is 21.6 Å². The van der Waals surface area contributed by atoms with E-state index in [1.807, 2.05) is 92.0 Å². The Morgan fingerprint density at radius 1 is 0.875 bits per heavy atom. The quantitative estimate of drug-likeness (QED) is 0.221. The average Bonchev–Trinajstić information content (AvgIpc) is 3.09. The van der Waals surface area contributed by atoms with Gasteiger partial charge in [0.2, 0.25) is 6.17 Å². The molecule has 1 aliphatic rings. The second-order valence-corrected chi connectivity index (χ2v) is 10.1. The number of thioether (sulfide) groups is 1. The van der Waals surface area contributed by atoms with Gasteiger partial charge in [0.05, 0.1) is 23.6 Å². The van der Waals surface area contributed by atoms with Gasteiger partial charge in [0.1, 0.15) is 0 Å². The van der Waals surface area contributed by atoms with E-state index < -0.39 is 18.1 Å². The van der Waals surface area contributed by atoms with Crippen molar-refractivity contribution in [1.29, 1.82) is 0 Å². The Balaban J connectivity index is 1.54. The second-order valence-electron chi connectivity index (χ2n) is 9.22. The van der Waals surface area contributed by atoms with Crippen LogP contribution in [0.1, 0.15) is 27.0 Å². The molecule has 0 aliphatic carbocycles. The highest BCUT2D eigenvalue weighted by molar-refractivity contribution is 7.98. The van der Waals surface area contributed by atoms with Gasteiger partial charge >= 0.3 is 6.03 Å². The number of urea groups is 1. The van der Waals surface area contributed by atoms with Crippen molar-refractivity contribution in [3.63, 3.8) is 0 Å². The van der Waals surface area contributed by atoms with Crippen LogP contribution in [0.2, 0.25) is 0 Å². The smallest absolute Gasteiger partial charge is 0.308 e. The van der Waals surface area contributed by atoms with E-state index in [4.69, 9.17) is 4.99 Å². The molecule has 0 radical (unpaired) electrons. The highest BCUT2D eigenvalue weighted by Crippen LogP contribution is 2.29. The first kappa shape index (κ1) is 26.9. The van der Waals surface area contributed by atoms with E-state index in [2.05, 4.69) is 10.6 Å². The third-order valence-corrected chi connectivity index (χ3v) is 7.42. The van der Waals surface area contributed by atoms with Gasteiger partial charge in [0.25, 0.3) is 5.91 Å². The highest BCUT2D eigenvalue weighted by atomic mass is 32.2. The van der Waals surface area contributed by atoms with Crippen LogP contribution in [0.3, 0.4) is 0 Å². The number of Topliss-reactive ketones (excluding diaryl/α,β-unsaturated/α-hetero) is 1. The number of aryl methyl sites for hydroxylation is 1. The molecule has 0 saturated heterocycles. The van der Waals surface area contributed by atoms with Crippen LogP contribution in [0, 0.1) is 6.92 Å². The minimum atomic E-state index is -1.27. The molecule has 3 amide bonds. The lowest BCUT2D eigenvalue weighted by atomic mass is 9.99. The summed E-state index contributed by atoms with van der Waals surface area (Å²) in [6.45, 7) is 1.66. The van der Waals surface area contributed by atoms with Crippen LogP contribution in [0.15, 0.2) is 113 Å². The fraction of sp³-hybridized carbons (Fsp3) is 0.125. The summed E-state index contributed by atoms with van der Waals surface area (Å²) in [6.07, 6.45) is 0.651. The van der Waals surface area contributed by atoms with Gasteiger partial charge in [-0.05, 0) is 36.9 Å². The average molecular weight is 549 g/mol. The van der Waals surface area contributed by atoms with Gasteiger partial charge in [-0.3, -0.25) is 9.59 Å². The molecule has 5 rings (SSSR count). The Bertz CT molecular complexity index is 1600. The van der Waals surface area contributed by atoms with Crippen LogP contribution in [0.4, 0.5) is 16.2 Å². The van der Waals surface area contributed by atoms with Crippen molar-refractivity contribution >= 4 is 46.6 Å². The number of hydrogen-bond donors (Lipinski definition) is 2. The van der Waals surface area contributed by atoms with Crippen LogP contribution in [-0.2, 0) is 4.79 Å². The fourth-order valence-electron chi connectivity index (χ4n) is 4.66. The summed E-state index contributed by atoms with van der Waals surface area (Å²) in [5.74, 6) is -0.713. The van der Waals surface area contributed by atoms with Crippen molar-refractivity contribution in [2.45, 2.75) is 18.0 Å². The summed E-state index contributed by atoms with van der Waals surface area (Å²) in [5.41, 5.74) is 4.56. The number of rotatable bonds is 7. The number of para-hydroxylation sites is 2. The first-order valence-electron chi connectivity index (χ1n) is 12.8. The minimum absolute atomic E-state index is 0.201. The molecule has 0 saturated carbocycles. The Morgan fingerprint density at radius 2 is 1.55 bits per heavy atom. The van der Waals surface area contributed by atoms with Crippen LogP contribution in [0.25, 0.3) is 0 Å². The fourth-order valence-corrected chi connectivity index (χ4v) is 5.21. The zero-order valence-electron chi connectivity index (χ0n) is 22.1. The monoisotopic (exact) mass is 548 g/mol. The van der Waals surface area contributed by atoms with Crippen molar-refractivity contribution in [2.75, 3.05) is 23.0 Å². The summed E-state index contributed by atoms with van der Waals surface area (Å²) in [6, 6.07) is 31.0. The normalized spacial score (nSPS) is 14.6. The topological polar surface area (TPSA) is 90.9 Å². The number of nitrogens with zero attached hydrogens (tertiary/aromatic N) is 2. The molecule has 1 heterocycles. The predicted molar refractivity (Wildman–Crippen MR) is 161 cm³/mol. The SMILES string of the molecule is CSc1ccccc1NC(=O)N[C@H]1N=C(c2ccccc2)c2ccccc2N(CC(=O)c2ccccc2C)C1=O. The molecular weight excluding hydrogens is 520 g/mol. The summed E-state index contributed by atoms with van der Waals surface area (Å²) in [7, 11) is 0. The molecule has 0 bridgehead atoms. The molecule has 7 nitrogen and oxygen atoms in total. The van der Waals surface area contributed by atoms with Crippen molar-refractivity contribution in [2.24, 2.45) is 4.99 Å². The molecule has 40 heavy (non-hydrogen) atoms. The molecule has 0 aromatic heterocycles. The Labute approximate surface area is 237 Å². The standard InChI is InChI=1S/C32H28N4O3S/c1-21-12-6-7-15-23(21)27(37)20-36-26-18-10-8-16-24(26)29(22-13-4-3-5-14-22)34-30(31(36)38)35-32(39)33-25-17-9-11-19-28(25)40-2/h3-19,30H,20H2,1-2H3,(H2,33,35,39)/t30-/m1/s1. The third-order valence-electron chi connectivity index (χ3n) is 6.63. The molecule has 4 aromatic rings. The van der Waals surface area contributed by atoms with Gasteiger partial charge in [-0.1, -0.05) is 84.9 Å². The van der Waals surface area contributed by atoms with E-state index in [1.54, 1.807) is 24.3 Å². The van der Waals surface area contributed by atoms with Crippen LogP contribution >= 0.6 is 11.8 Å². The number of benzodiazepines with no additional fused rings is 1. The first-order valence-corrected chi connectivity index (χ1v) is 14.0. The molecule has 0 unspecified atom stereocenters. The van der Waals surface area contributed by atoms with E-state index >= 15 is 0 Å². The van der Waals surface area contributed by atoms with E-state index in [1.165, 1.54) is 16.7 Å². The van der Waals surface area contributed by atoms with Gasteiger partial charge < -0.3 is 15.5 Å². The molecule has 4 aromatic carbocycles. The maximum atomic E-state index is 14.1. The maximum Gasteiger partial charge on any atom is 0.321 e. The number of benzene rings is 4. The largest absolute Gasteiger partial charge is 0.321 e. The zero-order valence-corrected chi connectivity index (χ0v) is 22.9. The minimum Gasteiger partial charge on any atom is -0.308 e. The summed E-state index contributed by atoms with van der Waals surface area (Å²) in [4.78, 5) is 47.8. The molecule has 0 fully saturated rings. The second kappa shape index (κ2) is 12.0. The zero-order chi connectivity index (χ0) is 28.1. The van der Waals surface area contributed by atoms with Crippen LogP contribution in [0.5, 0.6) is 0 Å². The Hall–Kier alpha value is -4.69. The number of fused-ring (bicyclic) bond motifs is 1. The molecule has 2 N–H and O–H groups in total. The summed E-state index contributed by atoms with van der Waals surface area (Å²) in [5, 5.41) is 5.58. The number of carbonyl (C=O) groups is 3. The summed E-state index contributed by atoms with van der Waals surface area (Å²) >= 11 is 1.50. The van der Waals surface area contributed by atoms with E-state index in [-0.39, 0.29) is 12.3 Å². The number of amides is 3. The Kier molecular flexibility index (Phi) is 8.07. The van der Waals surface area contributed by atoms with Crippen molar-refractivity contribution in [3.8, 4) is 0 Å². The number of nitrogens with one attached hydrogen (secondary N) is 2. The van der Waals surface area contributed by atoms with Gasteiger partial charge in [-0.2, -0.15) is 0 Å². The van der Waals surface area contributed by atoms with E-state index in [0.29, 0.717) is 28.2 Å². The number of ketones is 1. The Morgan fingerprint density at radius 3 is 2.33 bits per heavy atom. The third kappa shape index (κ3) is 5.67. The molecule has 200 valence electrons. The number of anilines is 2. The van der Waals surface area contributed by atoms with Crippen molar-refractivity contribution in [3.05, 3.63) is 125 Å². The predicted octanol–water partition coefficient (Wildman–Crippen LogP) is 5.93. The van der Waals surface area contributed by atoms with E-state index in [0.717, 1.165) is 16.0 Å². The molecule has 8 heteroatoms. The molecule has 1 atom stereocenters. The van der Waals surface area contributed by atoms with E-state index in [9.17, 15) is 14.4 Å². The maximum absolute atomic E-state index is 14.1. The molecular formula is C32H28N4O3S. The van der Waals surface area contributed by atoms with Crippen LogP contribution < -0.4 is 15.5 Å². The van der Waals surface area contributed by atoms with Crippen molar-refractivity contribution < 1.29 is 14.4 Å². The van der Waals surface area contributed by atoms with Crippen LogP contribution in [-0.4, -0.2) is 42.4 Å².